The molecule has 4 heterocycles. The van der Waals surface area contributed by atoms with Crippen molar-refractivity contribution in [3.8, 4) is 17.3 Å². The molecule has 0 bridgehead atoms. The number of hydrogen-bond donors (Lipinski definition) is 1. The Balaban J connectivity index is 1.30. The lowest BCUT2D eigenvalue weighted by Gasteiger charge is -2.37. The van der Waals surface area contributed by atoms with E-state index in [1.54, 1.807) is 29.3 Å². The monoisotopic (exact) mass is 609 g/mol. The van der Waals surface area contributed by atoms with E-state index >= 15 is 0 Å². The molecule has 1 saturated heterocycles. The van der Waals surface area contributed by atoms with Crippen LogP contribution in [-0.4, -0.2) is 75.0 Å². The highest BCUT2D eigenvalue weighted by Crippen LogP contribution is 2.32. The number of pyridine rings is 1. The number of hydrogen-bond acceptors (Lipinski definition) is 6. The highest BCUT2D eigenvalue weighted by molar-refractivity contribution is 14.1. The van der Waals surface area contributed by atoms with Crippen LogP contribution in [0.3, 0.4) is 0 Å². The number of anilines is 1. The number of imidazole rings is 1. The molecule has 3 aromatic heterocycles. The molecule has 12 heteroatoms. The van der Waals surface area contributed by atoms with Gasteiger partial charge in [-0.3, -0.25) is 4.79 Å². The summed E-state index contributed by atoms with van der Waals surface area (Å²) < 4.78 is 19.0. The summed E-state index contributed by atoms with van der Waals surface area (Å²) in [6.07, 6.45) is 5.09. The van der Waals surface area contributed by atoms with Gasteiger partial charge < -0.3 is 19.5 Å². The zero-order valence-electron chi connectivity index (χ0n) is 18.6. The van der Waals surface area contributed by atoms with Gasteiger partial charge in [0.05, 0.1) is 10.4 Å². The second-order valence-corrected chi connectivity index (χ2v) is 9.49. The first-order valence-electron chi connectivity index (χ1n) is 11.1. The minimum Gasteiger partial charge on any atom is -0.489 e. The third kappa shape index (κ3) is 4.79. The number of rotatable bonds is 7. The van der Waals surface area contributed by atoms with Crippen LogP contribution < -0.4 is 9.64 Å². The van der Waals surface area contributed by atoms with Crippen molar-refractivity contribution in [1.29, 1.82) is 0 Å². The second kappa shape index (κ2) is 10.4. The summed E-state index contributed by atoms with van der Waals surface area (Å²) in [7, 11) is 0. The average molecular weight is 610 g/mol. The summed E-state index contributed by atoms with van der Waals surface area (Å²) in [5.41, 5.74) is 2.21. The third-order valence-corrected chi connectivity index (χ3v) is 7.19. The first-order valence-corrected chi connectivity index (χ1v) is 12.7. The predicted octanol–water partition coefficient (Wildman–Crippen LogP) is 4.11. The van der Waals surface area contributed by atoms with Crippen LogP contribution in [0.15, 0.2) is 48.9 Å². The smallest absolute Gasteiger partial charge is 0.257 e. The quantitative estimate of drug-likeness (QED) is 0.251. The fraction of sp³-hybridized carbons (Fsp3) is 0.304. The number of nitrogens with zero attached hydrogens (tertiary/aromatic N) is 6. The molecular formula is C23H22ClFIN7O2. The molecule has 35 heavy (non-hydrogen) atoms. The molecule has 1 atom stereocenters. The highest BCUT2D eigenvalue weighted by Gasteiger charge is 2.30. The first-order chi connectivity index (χ1) is 17.1. The van der Waals surface area contributed by atoms with Crippen LogP contribution in [0.25, 0.3) is 22.6 Å². The number of piperazine rings is 1. The molecule has 1 aliphatic rings. The van der Waals surface area contributed by atoms with Crippen LogP contribution in [-0.2, 0) is 4.79 Å². The van der Waals surface area contributed by atoms with E-state index in [0.29, 0.717) is 54.1 Å². The van der Waals surface area contributed by atoms with Crippen LogP contribution in [0.1, 0.15) is 4.05 Å². The number of halogens is 3. The summed E-state index contributed by atoms with van der Waals surface area (Å²) in [5.74, 6) is 1.05. The molecule has 1 N–H and O–H groups in total. The molecule has 9 nitrogen and oxygen atoms in total. The van der Waals surface area contributed by atoms with Gasteiger partial charge in [-0.15, -0.1) is 0 Å². The molecule has 182 valence electrons. The van der Waals surface area contributed by atoms with Crippen molar-refractivity contribution in [2.45, 2.75) is 4.05 Å². The molecule has 0 spiro atoms. The molecule has 1 aromatic carbocycles. The number of ether oxygens (including phenoxy) is 1. The topological polar surface area (TPSA) is 92.2 Å². The molecule has 5 rings (SSSR count). The molecule has 0 saturated carbocycles. The molecular weight excluding hydrogens is 588 g/mol. The third-order valence-electron chi connectivity index (χ3n) is 5.81. The summed E-state index contributed by atoms with van der Waals surface area (Å²) in [4.78, 5) is 29.3. The van der Waals surface area contributed by atoms with Gasteiger partial charge in [0.2, 0.25) is 0 Å². The largest absolute Gasteiger partial charge is 0.489 e. The summed E-state index contributed by atoms with van der Waals surface area (Å²) in [6.45, 7) is 1.78. The van der Waals surface area contributed by atoms with Gasteiger partial charge in [-0.2, -0.15) is 5.10 Å². The molecule has 1 aliphatic heterocycles. The second-order valence-electron chi connectivity index (χ2n) is 7.91. The fourth-order valence-corrected chi connectivity index (χ4v) is 5.04. The van der Waals surface area contributed by atoms with Crippen molar-refractivity contribution in [3.63, 3.8) is 0 Å². The van der Waals surface area contributed by atoms with E-state index in [4.69, 9.17) is 21.4 Å². The Morgan fingerprint density at radius 3 is 2.77 bits per heavy atom. The van der Waals surface area contributed by atoms with E-state index < -0.39 is 10.7 Å². The van der Waals surface area contributed by atoms with Gasteiger partial charge in [-0.1, -0.05) is 11.6 Å². The number of fused-ring (bicyclic) bond motifs is 1. The van der Waals surface area contributed by atoms with Gasteiger partial charge in [0.15, 0.2) is 15.5 Å². The van der Waals surface area contributed by atoms with Crippen LogP contribution in [0, 0.1) is 0 Å². The lowest BCUT2D eigenvalue weighted by atomic mass is 10.2. The number of nitrogens with one attached hydrogen (secondary N) is 1. The standard InChI is InChI=1S/C23H22ClFIN7O2/c24-17-4-3-15(14-18(17)35-13-5-25)31-9-11-32(12-10-31)23(34)20(26)33-22-16(2-1-6-29-22)19(30-33)21-27-7-8-28-21/h1-4,6-8,14,20H,5,9-13H2,(H,27,28). The van der Waals surface area contributed by atoms with Crippen LogP contribution in [0.5, 0.6) is 5.75 Å². The average Bonchev–Trinajstić information content (AvgIpc) is 3.56. The van der Waals surface area contributed by atoms with E-state index in [9.17, 15) is 9.18 Å². The minimum absolute atomic E-state index is 0.0330. The lowest BCUT2D eigenvalue weighted by Crippen LogP contribution is -2.50. The highest BCUT2D eigenvalue weighted by atomic mass is 127. The zero-order chi connectivity index (χ0) is 24.4. The van der Waals surface area contributed by atoms with Gasteiger partial charge >= 0.3 is 0 Å². The summed E-state index contributed by atoms with van der Waals surface area (Å²) in [5, 5.41) is 5.97. The Bertz CT molecular complexity index is 1320. The Morgan fingerprint density at radius 2 is 2.03 bits per heavy atom. The number of alkyl halides is 2. The van der Waals surface area contributed by atoms with Crippen LogP contribution >= 0.6 is 34.2 Å². The zero-order valence-corrected chi connectivity index (χ0v) is 21.5. The van der Waals surface area contributed by atoms with Crippen LogP contribution in [0.2, 0.25) is 5.02 Å². The van der Waals surface area contributed by atoms with E-state index in [1.165, 1.54) is 0 Å². The number of H-pyrrole nitrogens is 1. The number of aromatic nitrogens is 5. The Kier molecular flexibility index (Phi) is 7.04. The Morgan fingerprint density at radius 1 is 1.20 bits per heavy atom. The molecule has 1 amide bonds. The van der Waals surface area contributed by atoms with Crippen molar-refractivity contribution >= 4 is 56.8 Å². The van der Waals surface area contributed by atoms with Gasteiger partial charge in [0.25, 0.3) is 5.91 Å². The van der Waals surface area contributed by atoms with Crippen molar-refractivity contribution in [2.24, 2.45) is 0 Å². The molecule has 1 fully saturated rings. The molecule has 0 aliphatic carbocycles. The normalized spacial score (nSPS) is 14.9. The number of amides is 1. The van der Waals surface area contributed by atoms with E-state index in [1.807, 2.05) is 29.2 Å². The SMILES string of the molecule is O=C(C(I)n1nc(-c2ncc[nH]2)c2cccnc21)N1CCN(c2ccc(Cl)c(OCCF)c2)CC1. The lowest BCUT2D eigenvalue weighted by molar-refractivity contribution is -0.132. The van der Waals surface area contributed by atoms with E-state index in [0.717, 1.165) is 11.1 Å². The van der Waals surface area contributed by atoms with Gasteiger partial charge in [-0.25, -0.2) is 19.0 Å². The maximum absolute atomic E-state index is 13.4. The van der Waals surface area contributed by atoms with Crippen molar-refractivity contribution in [1.82, 2.24) is 29.6 Å². The first kappa shape index (κ1) is 23.8. The van der Waals surface area contributed by atoms with Gasteiger partial charge in [0.1, 0.15) is 24.7 Å². The van der Waals surface area contributed by atoms with Gasteiger partial charge in [0, 0.05) is 56.5 Å². The number of carbonyl (C=O) groups is 1. The van der Waals surface area contributed by atoms with Crippen molar-refractivity contribution < 1.29 is 13.9 Å². The number of benzene rings is 1. The summed E-state index contributed by atoms with van der Waals surface area (Å²) >= 11 is 8.28. The van der Waals surface area contributed by atoms with Crippen molar-refractivity contribution in [2.75, 3.05) is 44.4 Å². The minimum atomic E-state index is -0.580. The van der Waals surface area contributed by atoms with E-state index in [2.05, 4.69) is 42.4 Å². The summed E-state index contributed by atoms with van der Waals surface area (Å²) in [6, 6.07) is 9.23. The van der Waals surface area contributed by atoms with Crippen LogP contribution in [0.4, 0.5) is 10.1 Å². The Hall–Kier alpha value is -2.93. The maximum Gasteiger partial charge on any atom is 0.257 e. The maximum atomic E-state index is 13.4. The molecule has 4 aromatic rings. The predicted molar refractivity (Wildman–Crippen MR) is 140 cm³/mol. The molecule has 0 radical (unpaired) electrons. The molecule has 1 unspecified atom stereocenters. The number of carbonyl (C=O) groups excluding carboxylic acids is 1. The number of aromatic amines is 1. The van der Waals surface area contributed by atoms with Gasteiger partial charge in [-0.05, 0) is 46.9 Å². The fourth-order valence-electron chi connectivity index (χ4n) is 4.09. The Labute approximate surface area is 219 Å². The van der Waals surface area contributed by atoms with E-state index in [-0.39, 0.29) is 12.5 Å². The van der Waals surface area contributed by atoms with Crippen molar-refractivity contribution in [3.05, 3.63) is 53.9 Å².